The summed E-state index contributed by atoms with van der Waals surface area (Å²) >= 11 is 0. The summed E-state index contributed by atoms with van der Waals surface area (Å²) in [5.74, 6) is 0.190. The highest BCUT2D eigenvalue weighted by atomic mass is 16.5. The van der Waals surface area contributed by atoms with Crippen molar-refractivity contribution in [2.45, 2.75) is 38.6 Å². The summed E-state index contributed by atoms with van der Waals surface area (Å²) in [6.07, 6.45) is 2.99. The summed E-state index contributed by atoms with van der Waals surface area (Å²) in [6.45, 7) is 4.41. The molecular weight excluding hydrogens is 226 g/mol. The van der Waals surface area contributed by atoms with Crippen LogP contribution in [0.1, 0.15) is 33.1 Å². The molecule has 2 rings (SSSR count). The molecule has 0 amide bonds. The third kappa shape index (κ3) is 2.35. The number of carbonyl (C=O) groups is 1. The first-order chi connectivity index (χ1) is 8.69. The Labute approximate surface area is 109 Å². The lowest BCUT2D eigenvalue weighted by atomic mass is 9.88. The third-order valence-corrected chi connectivity index (χ3v) is 3.83. The van der Waals surface area contributed by atoms with Crippen LogP contribution in [-0.2, 0) is 9.53 Å². The normalized spacial score (nSPS) is 26.9. The second-order valence-electron chi connectivity index (χ2n) is 4.98. The molecule has 0 saturated heterocycles. The lowest BCUT2D eigenvalue weighted by Crippen LogP contribution is -2.49. The van der Waals surface area contributed by atoms with Crippen molar-refractivity contribution in [1.82, 2.24) is 0 Å². The van der Waals surface area contributed by atoms with E-state index in [-0.39, 0.29) is 5.97 Å². The Hall–Kier alpha value is -1.51. The van der Waals surface area contributed by atoms with Gasteiger partial charge in [-0.25, -0.2) is 4.79 Å². The van der Waals surface area contributed by atoms with E-state index in [2.05, 4.69) is 12.2 Å². The van der Waals surface area contributed by atoms with Crippen LogP contribution in [-0.4, -0.2) is 18.1 Å². The molecule has 98 valence electrons. The minimum Gasteiger partial charge on any atom is -0.464 e. The smallest absolute Gasteiger partial charge is 0.332 e. The van der Waals surface area contributed by atoms with Gasteiger partial charge in [-0.2, -0.15) is 0 Å². The van der Waals surface area contributed by atoms with Crippen molar-refractivity contribution in [3.63, 3.8) is 0 Å². The zero-order valence-corrected chi connectivity index (χ0v) is 11.1. The summed E-state index contributed by atoms with van der Waals surface area (Å²) in [4.78, 5) is 12.3. The molecule has 1 aromatic carbocycles. The summed E-state index contributed by atoms with van der Waals surface area (Å²) in [6, 6.07) is 9.90. The van der Waals surface area contributed by atoms with E-state index in [4.69, 9.17) is 4.74 Å². The Morgan fingerprint density at radius 1 is 1.44 bits per heavy atom. The summed E-state index contributed by atoms with van der Waals surface area (Å²) in [5.41, 5.74) is 0.441. The van der Waals surface area contributed by atoms with E-state index in [0.717, 1.165) is 24.9 Å². The minimum absolute atomic E-state index is 0.112. The number of hydrogen-bond donors (Lipinski definition) is 1. The minimum atomic E-state index is -0.544. The second-order valence-corrected chi connectivity index (χ2v) is 4.98. The molecule has 0 bridgehead atoms. The summed E-state index contributed by atoms with van der Waals surface area (Å²) in [5, 5.41) is 3.41. The van der Waals surface area contributed by atoms with E-state index in [1.54, 1.807) is 0 Å². The van der Waals surface area contributed by atoms with Crippen molar-refractivity contribution >= 4 is 11.7 Å². The molecule has 1 aliphatic rings. The van der Waals surface area contributed by atoms with Gasteiger partial charge in [0.15, 0.2) is 0 Å². The van der Waals surface area contributed by atoms with Crippen LogP contribution < -0.4 is 5.32 Å². The van der Waals surface area contributed by atoms with Crippen LogP contribution in [0.3, 0.4) is 0 Å². The fourth-order valence-electron chi connectivity index (χ4n) is 2.76. The Bertz CT molecular complexity index is 404. The van der Waals surface area contributed by atoms with Crippen LogP contribution in [0.4, 0.5) is 5.69 Å². The van der Waals surface area contributed by atoms with Crippen LogP contribution in [0.15, 0.2) is 30.3 Å². The average Bonchev–Trinajstić information content (AvgIpc) is 2.74. The van der Waals surface area contributed by atoms with Crippen LogP contribution in [0.5, 0.6) is 0 Å². The largest absolute Gasteiger partial charge is 0.464 e. The molecule has 1 N–H and O–H groups in total. The van der Waals surface area contributed by atoms with Gasteiger partial charge in [0.25, 0.3) is 0 Å². The van der Waals surface area contributed by atoms with Gasteiger partial charge in [0.1, 0.15) is 5.54 Å². The van der Waals surface area contributed by atoms with Crippen molar-refractivity contribution in [2.75, 3.05) is 11.9 Å². The van der Waals surface area contributed by atoms with Crippen molar-refractivity contribution in [3.8, 4) is 0 Å². The maximum atomic E-state index is 12.3. The molecule has 0 aliphatic heterocycles. The quantitative estimate of drug-likeness (QED) is 0.830. The number of nitrogens with one attached hydrogen (secondary N) is 1. The first-order valence-corrected chi connectivity index (χ1v) is 6.69. The molecule has 3 nitrogen and oxygen atoms in total. The lowest BCUT2D eigenvalue weighted by molar-refractivity contribution is -0.149. The van der Waals surface area contributed by atoms with E-state index >= 15 is 0 Å². The predicted molar refractivity (Wildman–Crippen MR) is 72.4 cm³/mol. The topological polar surface area (TPSA) is 38.3 Å². The Kier molecular flexibility index (Phi) is 3.90. The monoisotopic (exact) mass is 247 g/mol. The fourth-order valence-corrected chi connectivity index (χ4v) is 2.76. The maximum absolute atomic E-state index is 12.3. The molecule has 0 spiro atoms. The molecule has 1 aromatic rings. The number of benzene rings is 1. The van der Waals surface area contributed by atoms with Crippen LogP contribution in [0, 0.1) is 5.92 Å². The van der Waals surface area contributed by atoms with Gasteiger partial charge < -0.3 is 10.1 Å². The molecule has 2 unspecified atom stereocenters. The maximum Gasteiger partial charge on any atom is 0.332 e. The Balaban J connectivity index is 2.23. The zero-order valence-electron chi connectivity index (χ0n) is 11.1. The van der Waals surface area contributed by atoms with Crippen LogP contribution in [0.2, 0.25) is 0 Å². The molecular formula is C15H21NO2. The van der Waals surface area contributed by atoms with Gasteiger partial charge in [-0.1, -0.05) is 31.5 Å². The predicted octanol–water partition coefficient (Wildman–Crippen LogP) is 3.22. The van der Waals surface area contributed by atoms with Crippen LogP contribution >= 0.6 is 0 Å². The van der Waals surface area contributed by atoms with E-state index in [0.29, 0.717) is 12.5 Å². The van der Waals surface area contributed by atoms with E-state index in [1.807, 2.05) is 37.3 Å². The number of ether oxygens (including phenoxy) is 1. The van der Waals surface area contributed by atoms with Gasteiger partial charge in [-0.15, -0.1) is 0 Å². The molecule has 2 atom stereocenters. The van der Waals surface area contributed by atoms with Gasteiger partial charge in [-0.05, 0) is 37.8 Å². The van der Waals surface area contributed by atoms with Gasteiger partial charge in [0.2, 0.25) is 0 Å². The number of hydrogen-bond acceptors (Lipinski definition) is 3. The number of carbonyl (C=O) groups excluding carboxylic acids is 1. The summed E-state index contributed by atoms with van der Waals surface area (Å²) in [7, 11) is 0. The molecule has 18 heavy (non-hydrogen) atoms. The average molecular weight is 247 g/mol. The molecule has 1 fully saturated rings. The highest BCUT2D eigenvalue weighted by molar-refractivity contribution is 5.85. The summed E-state index contributed by atoms with van der Waals surface area (Å²) < 4.78 is 5.27. The van der Waals surface area contributed by atoms with Crippen molar-refractivity contribution in [2.24, 2.45) is 5.92 Å². The molecule has 0 heterocycles. The van der Waals surface area contributed by atoms with Crippen molar-refractivity contribution in [1.29, 1.82) is 0 Å². The van der Waals surface area contributed by atoms with Crippen molar-refractivity contribution in [3.05, 3.63) is 30.3 Å². The van der Waals surface area contributed by atoms with Crippen LogP contribution in [0.25, 0.3) is 0 Å². The first-order valence-electron chi connectivity index (χ1n) is 6.69. The SMILES string of the molecule is CCOC(=O)C1(Nc2ccccc2)CCCC1C. The second kappa shape index (κ2) is 5.42. The Morgan fingerprint density at radius 3 is 2.72 bits per heavy atom. The van der Waals surface area contributed by atoms with E-state index in [1.165, 1.54) is 0 Å². The Morgan fingerprint density at radius 2 is 2.17 bits per heavy atom. The number of para-hydroxylation sites is 1. The molecule has 0 aromatic heterocycles. The first kappa shape index (κ1) is 12.9. The van der Waals surface area contributed by atoms with E-state index < -0.39 is 5.54 Å². The standard InChI is InChI=1S/C15H21NO2/c1-3-18-14(17)15(11-7-8-12(15)2)16-13-9-5-4-6-10-13/h4-6,9-10,12,16H,3,7-8,11H2,1-2H3. The highest BCUT2D eigenvalue weighted by Crippen LogP contribution is 2.39. The molecule has 1 saturated carbocycles. The van der Waals surface area contributed by atoms with Gasteiger partial charge in [0.05, 0.1) is 6.61 Å². The number of anilines is 1. The fraction of sp³-hybridized carbons (Fsp3) is 0.533. The number of esters is 1. The molecule has 3 heteroatoms. The molecule has 1 aliphatic carbocycles. The zero-order chi connectivity index (χ0) is 13.0. The number of rotatable bonds is 4. The van der Waals surface area contributed by atoms with Gasteiger partial charge in [0, 0.05) is 5.69 Å². The van der Waals surface area contributed by atoms with Gasteiger partial charge >= 0.3 is 5.97 Å². The highest BCUT2D eigenvalue weighted by Gasteiger charge is 2.48. The lowest BCUT2D eigenvalue weighted by Gasteiger charge is -2.33. The van der Waals surface area contributed by atoms with Crippen molar-refractivity contribution < 1.29 is 9.53 Å². The molecule has 0 radical (unpaired) electrons. The van der Waals surface area contributed by atoms with Gasteiger partial charge in [-0.3, -0.25) is 0 Å². The third-order valence-electron chi connectivity index (χ3n) is 3.83. The van der Waals surface area contributed by atoms with E-state index in [9.17, 15) is 4.79 Å².